The molecule has 11 heteroatoms. The summed E-state index contributed by atoms with van der Waals surface area (Å²) >= 11 is 0. The third kappa shape index (κ3) is 5.96. The number of rotatable bonds is 9. The summed E-state index contributed by atoms with van der Waals surface area (Å²) in [5, 5.41) is 17.2. The molecular formula is C24H25F4N3O4. The van der Waals surface area contributed by atoms with Gasteiger partial charge in [0.15, 0.2) is 11.6 Å². The summed E-state index contributed by atoms with van der Waals surface area (Å²) in [7, 11) is 0. The first-order valence-corrected chi connectivity index (χ1v) is 11.3. The minimum absolute atomic E-state index is 0.0353. The number of ether oxygens (including phenoxy) is 2. The minimum Gasteiger partial charge on any atom is -0.487 e. The zero-order valence-corrected chi connectivity index (χ0v) is 19.0. The molecule has 1 aromatic carbocycles. The van der Waals surface area contributed by atoms with Gasteiger partial charge in [0.2, 0.25) is 11.7 Å². The number of hydrogen-bond donors (Lipinski definition) is 1. The lowest BCUT2D eigenvalue weighted by molar-refractivity contribution is -0.0285. The number of aromatic nitrogens is 3. The highest BCUT2D eigenvalue weighted by Gasteiger charge is 2.29. The average Bonchev–Trinajstić information content (AvgIpc) is 3.34. The van der Waals surface area contributed by atoms with Gasteiger partial charge < -0.3 is 19.0 Å². The fourth-order valence-electron chi connectivity index (χ4n) is 4.11. The smallest absolute Gasteiger partial charge is 0.314 e. The fourth-order valence-corrected chi connectivity index (χ4v) is 4.11. The minimum atomic E-state index is -2.88. The zero-order valence-electron chi connectivity index (χ0n) is 19.0. The normalized spacial score (nSPS) is 19.2. The Labute approximate surface area is 199 Å². The first-order valence-electron chi connectivity index (χ1n) is 11.3. The molecule has 4 rings (SSSR count). The van der Waals surface area contributed by atoms with Gasteiger partial charge in [-0.15, -0.1) is 10.2 Å². The van der Waals surface area contributed by atoms with E-state index in [-0.39, 0.29) is 23.7 Å². The van der Waals surface area contributed by atoms with Crippen LogP contribution in [0.1, 0.15) is 55.9 Å². The van der Waals surface area contributed by atoms with Gasteiger partial charge >= 0.3 is 6.43 Å². The van der Waals surface area contributed by atoms with Gasteiger partial charge in [0.25, 0.3) is 5.89 Å². The molecule has 1 aliphatic heterocycles. The number of hydrogen-bond acceptors (Lipinski definition) is 7. The molecule has 3 aromatic rings. The Kier molecular flexibility index (Phi) is 7.97. The van der Waals surface area contributed by atoms with Crippen LogP contribution in [0.5, 0.6) is 5.75 Å². The number of aliphatic hydroxyl groups is 1. The zero-order chi connectivity index (χ0) is 24.9. The predicted octanol–water partition coefficient (Wildman–Crippen LogP) is 5.21. The van der Waals surface area contributed by atoms with E-state index in [1.165, 1.54) is 18.3 Å². The number of alkyl halides is 2. The summed E-state index contributed by atoms with van der Waals surface area (Å²) in [4.78, 5) is 4.39. The van der Waals surface area contributed by atoms with Gasteiger partial charge in [-0.1, -0.05) is 6.07 Å². The van der Waals surface area contributed by atoms with Gasteiger partial charge in [-0.2, -0.15) is 13.2 Å². The Hall–Kier alpha value is -3.05. The number of aryl methyl sites for hydroxylation is 1. The molecule has 0 spiro atoms. The second-order valence-corrected chi connectivity index (χ2v) is 8.41. The number of pyridine rings is 1. The third-order valence-corrected chi connectivity index (χ3v) is 5.92. The van der Waals surface area contributed by atoms with Gasteiger partial charge in [-0.3, -0.25) is 4.98 Å². The van der Waals surface area contributed by atoms with Crippen LogP contribution in [0.2, 0.25) is 0 Å². The number of aliphatic hydroxyl groups excluding tert-OH is 1. The van der Waals surface area contributed by atoms with Crippen LogP contribution < -0.4 is 4.74 Å². The molecule has 3 atom stereocenters. The van der Waals surface area contributed by atoms with Crippen LogP contribution in [-0.4, -0.2) is 39.6 Å². The van der Waals surface area contributed by atoms with Gasteiger partial charge in [-0.25, -0.2) is 4.39 Å². The van der Waals surface area contributed by atoms with Gasteiger partial charge in [0.05, 0.1) is 24.9 Å². The second kappa shape index (κ2) is 11.1. The number of halogens is 4. The molecule has 0 amide bonds. The van der Waals surface area contributed by atoms with Crippen LogP contribution in [0.4, 0.5) is 17.6 Å². The van der Waals surface area contributed by atoms with Gasteiger partial charge in [-0.05, 0) is 44.4 Å². The summed E-state index contributed by atoms with van der Waals surface area (Å²) in [6.45, 7) is 2.48. The molecule has 2 unspecified atom stereocenters. The standard InChI is InChI=1S/C24H25F4N3O4/c1-13(32)16-10-15(23-30-31-24(35-23)22(27)28)11-29-18(16)6-2-4-14-12-33-9-8-19(14)34-20-7-3-5-17(25)21(20)26/h3,5,7,10-11,13-14,19,22,32H,2,4,6,8-9,12H2,1H3/t13?,14?,19-/m1/s1. The summed E-state index contributed by atoms with van der Waals surface area (Å²) in [6.07, 6.45) is -0.219. The largest absolute Gasteiger partial charge is 0.487 e. The molecule has 0 radical (unpaired) electrons. The molecule has 188 valence electrons. The number of nitrogens with zero attached hydrogens (tertiary/aromatic N) is 3. The van der Waals surface area contributed by atoms with Crippen molar-refractivity contribution in [3.8, 4) is 17.2 Å². The molecular weight excluding hydrogens is 470 g/mol. The molecule has 0 aliphatic carbocycles. The highest BCUT2D eigenvalue weighted by molar-refractivity contribution is 5.53. The molecule has 1 fully saturated rings. The van der Waals surface area contributed by atoms with E-state index in [0.717, 1.165) is 6.07 Å². The van der Waals surface area contributed by atoms with Crippen molar-refractivity contribution < 1.29 is 36.6 Å². The molecule has 1 aliphatic rings. The third-order valence-electron chi connectivity index (χ3n) is 5.92. The Balaban J connectivity index is 1.42. The molecule has 35 heavy (non-hydrogen) atoms. The number of benzene rings is 1. The van der Waals surface area contributed by atoms with Crippen LogP contribution in [0.3, 0.4) is 0 Å². The SMILES string of the molecule is CC(O)c1cc(-c2nnc(C(F)F)o2)cnc1CCCC1COCC[C@H]1Oc1cccc(F)c1F. The lowest BCUT2D eigenvalue weighted by Gasteiger charge is -2.32. The van der Waals surface area contributed by atoms with E-state index in [4.69, 9.17) is 13.9 Å². The van der Waals surface area contributed by atoms with E-state index in [9.17, 15) is 22.7 Å². The second-order valence-electron chi connectivity index (χ2n) is 8.41. The highest BCUT2D eigenvalue weighted by Crippen LogP contribution is 2.30. The lowest BCUT2D eigenvalue weighted by atomic mass is 9.91. The van der Waals surface area contributed by atoms with Crippen molar-refractivity contribution in [2.75, 3.05) is 13.2 Å². The van der Waals surface area contributed by atoms with E-state index in [2.05, 4.69) is 15.2 Å². The Morgan fingerprint density at radius 1 is 1.23 bits per heavy atom. The van der Waals surface area contributed by atoms with Gasteiger partial charge in [0, 0.05) is 29.8 Å². The molecule has 0 saturated carbocycles. The van der Waals surface area contributed by atoms with Crippen molar-refractivity contribution in [2.24, 2.45) is 5.92 Å². The Morgan fingerprint density at radius 3 is 2.80 bits per heavy atom. The predicted molar refractivity (Wildman–Crippen MR) is 116 cm³/mol. The maximum absolute atomic E-state index is 14.1. The van der Waals surface area contributed by atoms with Crippen LogP contribution >= 0.6 is 0 Å². The van der Waals surface area contributed by atoms with Crippen molar-refractivity contribution >= 4 is 0 Å². The van der Waals surface area contributed by atoms with Crippen molar-refractivity contribution in [3.63, 3.8) is 0 Å². The van der Waals surface area contributed by atoms with Crippen LogP contribution in [-0.2, 0) is 11.2 Å². The Bertz CT molecular complexity index is 1140. The highest BCUT2D eigenvalue weighted by atomic mass is 19.3. The molecule has 0 bridgehead atoms. The monoisotopic (exact) mass is 495 g/mol. The summed E-state index contributed by atoms with van der Waals surface area (Å²) in [6, 6.07) is 5.44. The van der Waals surface area contributed by atoms with Crippen LogP contribution in [0.25, 0.3) is 11.5 Å². The van der Waals surface area contributed by atoms with E-state index in [1.807, 2.05) is 0 Å². The Morgan fingerprint density at radius 2 is 2.06 bits per heavy atom. The quantitative estimate of drug-likeness (QED) is 0.408. The topological polar surface area (TPSA) is 90.5 Å². The first kappa shape index (κ1) is 25.1. The first-order chi connectivity index (χ1) is 16.8. The van der Waals surface area contributed by atoms with E-state index in [1.54, 1.807) is 13.0 Å². The maximum Gasteiger partial charge on any atom is 0.314 e. The fraction of sp³-hybridized carbons (Fsp3) is 0.458. The van der Waals surface area contributed by atoms with E-state index < -0.39 is 30.1 Å². The molecule has 3 heterocycles. The van der Waals surface area contributed by atoms with Crippen molar-refractivity contribution in [3.05, 3.63) is 59.2 Å². The summed E-state index contributed by atoms with van der Waals surface area (Å²) < 4.78 is 69.4. The lowest BCUT2D eigenvalue weighted by Crippen LogP contribution is -2.36. The van der Waals surface area contributed by atoms with Crippen LogP contribution in [0.15, 0.2) is 34.9 Å². The molecule has 2 aromatic heterocycles. The van der Waals surface area contributed by atoms with Crippen LogP contribution in [0, 0.1) is 17.6 Å². The van der Waals surface area contributed by atoms with Crippen molar-refractivity contribution in [1.82, 2.24) is 15.2 Å². The van der Waals surface area contributed by atoms with E-state index >= 15 is 0 Å². The summed E-state index contributed by atoms with van der Waals surface area (Å²) in [5.41, 5.74) is 1.49. The maximum atomic E-state index is 14.1. The summed E-state index contributed by atoms with van der Waals surface area (Å²) in [5.74, 6) is -3.02. The molecule has 1 saturated heterocycles. The van der Waals surface area contributed by atoms with E-state index in [0.29, 0.717) is 55.7 Å². The van der Waals surface area contributed by atoms with Crippen molar-refractivity contribution in [1.29, 1.82) is 0 Å². The molecule has 7 nitrogen and oxygen atoms in total. The molecule has 1 N–H and O–H groups in total. The van der Waals surface area contributed by atoms with Gasteiger partial charge in [0.1, 0.15) is 6.10 Å². The average molecular weight is 495 g/mol. The van der Waals surface area contributed by atoms with Crippen molar-refractivity contribution in [2.45, 2.75) is 51.2 Å².